The third-order valence-corrected chi connectivity index (χ3v) is 6.65. The third kappa shape index (κ3) is 6.38. The Bertz CT molecular complexity index is 804. The van der Waals surface area contributed by atoms with Gasteiger partial charge in [-0.2, -0.15) is 17.5 Å². The number of carboxylic acid groups (broad SMARTS) is 1. The molecule has 1 aromatic rings. The van der Waals surface area contributed by atoms with E-state index in [2.05, 4.69) is 4.90 Å². The molecule has 2 saturated heterocycles. The van der Waals surface area contributed by atoms with E-state index < -0.39 is 22.2 Å². The maximum atomic E-state index is 12.9. The van der Waals surface area contributed by atoms with Gasteiger partial charge < -0.3 is 5.11 Å². The van der Waals surface area contributed by atoms with E-state index in [0.29, 0.717) is 6.54 Å². The van der Waals surface area contributed by atoms with Gasteiger partial charge in [0.15, 0.2) is 0 Å². The fourth-order valence-electron chi connectivity index (χ4n) is 3.91. The first-order valence-corrected chi connectivity index (χ1v) is 10.9. The molecule has 29 heavy (non-hydrogen) atoms. The summed E-state index contributed by atoms with van der Waals surface area (Å²) in [7, 11) is -3.12. The number of benzene rings is 1. The van der Waals surface area contributed by atoms with Crippen molar-refractivity contribution in [3.05, 3.63) is 35.6 Å². The van der Waals surface area contributed by atoms with E-state index in [0.717, 1.165) is 50.9 Å². The quantitative estimate of drug-likeness (QED) is 0.732. The molecule has 3 rings (SSSR count). The van der Waals surface area contributed by atoms with Gasteiger partial charge in [0, 0.05) is 31.7 Å². The zero-order valence-corrected chi connectivity index (χ0v) is 16.8. The molecular weight excluding hydrogens is 416 g/mol. The van der Waals surface area contributed by atoms with Crippen LogP contribution in [0.5, 0.6) is 0 Å². The van der Waals surface area contributed by atoms with Crippen LogP contribution in [0, 0.1) is 5.82 Å². The lowest BCUT2D eigenvalue weighted by atomic mass is 9.86. The van der Waals surface area contributed by atoms with Crippen molar-refractivity contribution in [3.63, 3.8) is 0 Å². The van der Waals surface area contributed by atoms with Crippen molar-refractivity contribution in [2.24, 2.45) is 0 Å². The lowest BCUT2D eigenvalue weighted by molar-refractivity contribution is -0.192. The lowest BCUT2D eigenvalue weighted by Gasteiger charge is -2.43. The Morgan fingerprint density at radius 1 is 1.10 bits per heavy atom. The van der Waals surface area contributed by atoms with E-state index in [1.807, 2.05) is 12.1 Å². The van der Waals surface area contributed by atoms with Gasteiger partial charge in [-0.1, -0.05) is 12.1 Å². The van der Waals surface area contributed by atoms with E-state index in [4.69, 9.17) is 9.90 Å². The van der Waals surface area contributed by atoms with E-state index in [1.165, 1.54) is 18.4 Å². The van der Waals surface area contributed by atoms with Gasteiger partial charge in [0.05, 0.1) is 6.26 Å². The molecule has 0 saturated carbocycles. The van der Waals surface area contributed by atoms with Crippen molar-refractivity contribution in [1.82, 2.24) is 9.21 Å². The van der Waals surface area contributed by atoms with Crippen molar-refractivity contribution in [2.45, 2.75) is 43.9 Å². The molecule has 0 aliphatic carbocycles. The minimum Gasteiger partial charge on any atom is -0.475 e. The number of sulfonamides is 1. The molecule has 2 aliphatic rings. The van der Waals surface area contributed by atoms with E-state index in [1.54, 1.807) is 4.31 Å². The lowest BCUT2D eigenvalue weighted by Crippen LogP contribution is -2.53. The van der Waals surface area contributed by atoms with Crippen molar-refractivity contribution in [3.8, 4) is 0 Å². The molecule has 0 atom stereocenters. The van der Waals surface area contributed by atoms with Crippen LogP contribution >= 0.6 is 0 Å². The largest absolute Gasteiger partial charge is 0.490 e. The van der Waals surface area contributed by atoms with Gasteiger partial charge in [-0.3, -0.25) is 4.90 Å². The second-order valence-electron chi connectivity index (χ2n) is 7.37. The fraction of sp³-hybridized carbons (Fsp3) is 0.611. The van der Waals surface area contributed by atoms with Gasteiger partial charge in [-0.25, -0.2) is 17.6 Å². The SMILES string of the molecule is CS(=O)(=O)N1CCCC12CCN(Cc1ccc(F)cc1)CC2.O=C(O)C(F)(F)F. The Hall–Kier alpha value is -1.72. The topological polar surface area (TPSA) is 77.9 Å². The summed E-state index contributed by atoms with van der Waals surface area (Å²) in [5.74, 6) is -2.97. The highest BCUT2D eigenvalue weighted by Crippen LogP contribution is 2.40. The van der Waals surface area contributed by atoms with Crippen LogP contribution in [0.25, 0.3) is 0 Å². The van der Waals surface area contributed by atoms with Crippen LogP contribution in [0.15, 0.2) is 24.3 Å². The summed E-state index contributed by atoms with van der Waals surface area (Å²) in [6.07, 6.45) is -0.0387. The van der Waals surface area contributed by atoms with Gasteiger partial charge in [0.1, 0.15) is 5.82 Å². The zero-order valence-electron chi connectivity index (χ0n) is 16.0. The summed E-state index contributed by atoms with van der Waals surface area (Å²) >= 11 is 0. The van der Waals surface area contributed by atoms with Crippen LogP contribution in [-0.4, -0.2) is 66.3 Å². The molecule has 0 unspecified atom stereocenters. The zero-order chi connectivity index (χ0) is 21.9. The molecule has 0 aromatic heterocycles. The number of alkyl halides is 3. The van der Waals surface area contributed by atoms with Gasteiger partial charge >= 0.3 is 12.1 Å². The Kier molecular flexibility index (Phi) is 7.28. The highest BCUT2D eigenvalue weighted by molar-refractivity contribution is 7.88. The van der Waals surface area contributed by atoms with Crippen LogP contribution in [0.3, 0.4) is 0 Å². The predicted octanol–water partition coefficient (Wildman–Crippen LogP) is 2.85. The summed E-state index contributed by atoms with van der Waals surface area (Å²) in [5.41, 5.74) is 0.941. The number of hydrogen-bond donors (Lipinski definition) is 1. The maximum absolute atomic E-state index is 12.9. The summed E-state index contributed by atoms with van der Waals surface area (Å²) in [5, 5.41) is 7.12. The summed E-state index contributed by atoms with van der Waals surface area (Å²) in [6, 6.07) is 6.61. The van der Waals surface area contributed by atoms with Crippen LogP contribution < -0.4 is 0 Å². The molecular formula is C18H24F4N2O4S. The smallest absolute Gasteiger partial charge is 0.475 e. The molecule has 2 aliphatic heterocycles. The molecule has 0 amide bonds. The minimum atomic E-state index is -5.08. The Morgan fingerprint density at radius 3 is 2.07 bits per heavy atom. The summed E-state index contributed by atoms with van der Waals surface area (Å²) in [6.45, 7) is 3.25. The number of hydrogen-bond acceptors (Lipinski definition) is 4. The maximum Gasteiger partial charge on any atom is 0.490 e. The monoisotopic (exact) mass is 440 g/mol. The minimum absolute atomic E-state index is 0.160. The summed E-state index contributed by atoms with van der Waals surface area (Å²) in [4.78, 5) is 11.2. The molecule has 1 spiro atoms. The number of nitrogens with zero attached hydrogens (tertiary/aromatic N) is 2. The van der Waals surface area contributed by atoms with Crippen LogP contribution in [0.1, 0.15) is 31.2 Å². The molecule has 164 valence electrons. The average molecular weight is 440 g/mol. The fourth-order valence-corrected chi connectivity index (χ4v) is 5.34. The number of carboxylic acids is 1. The molecule has 6 nitrogen and oxygen atoms in total. The van der Waals surface area contributed by atoms with Crippen molar-refractivity contribution < 1.29 is 35.9 Å². The second-order valence-corrected chi connectivity index (χ2v) is 9.28. The number of carbonyl (C=O) groups is 1. The Balaban J connectivity index is 0.000000370. The Labute approximate surface area is 167 Å². The first-order chi connectivity index (χ1) is 13.3. The predicted molar refractivity (Wildman–Crippen MR) is 98.1 cm³/mol. The molecule has 2 heterocycles. The van der Waals surface area contributed by atoms with Crippen LogP contribution in [0.4, 0.5) is 17.6 Å². The molecule has 0 bridgehead atoms. The molecule has 11 heteroatoms. The van der Waals surface area contributed by atoms with Gasteiger partial charge in [-0.15, -0.1) is 0 Å². The van der Waals surface area contributed by atoms with Gasteiger partial charge in [0.2, 0.25) is 10.0 Å². The number of rotatable bonds is 3. The number of aliphatic carboxylic acids is 1. The van der Waals surface area contributed by atoms with Crippen LogP contribution in [0.2, 0.25) is 0 Å². The van der Waals surface area contributed by atoms with Crippen LogP contribution in [-0.2, 0) is 21.4 Å². The highest BCUT2D eigenvalue weighted by atomic mass is 32.2. The molecule has 0 radical (unpaired) electrons. The van der Waals surface area contributed by atoms with Crippen molar-refractivity contribution in [1.29, 1.82) is 0 Å². The standard InChI is InChI=1S/C16H23FN2O2S.C2HF3O2/c1-22(20,21)19-10-2-7-16(19)8-11-18(12-9-16)13-14-3-5-15(17)6-4-14;3-2(4,5)1(6)7/h3-6H,2,7-13H2,1H3;(H,6,7). The van der Waals surface area contributed by atoms with E-state index >= 15 is 0 Å². The third-order valence-electron chi connectivity index (χ3n) is 5.28. The van der Waals surface area contributed by atoms with Gasteiger partial charge in [0.25, 0.3) is 0 Å². The Morgan fingerprint density at radius 2 is 1.62 bits per heavy atom. The summed E-state index contributed by atoms with van der Waals surface area (Å²) < 4.78 is 70.4. The molecule has 1 aromatic carbocycles. The molecule has 1 N–H and O–H groups in total. The normalized spacial score (nSPS) is 20.3. The number of likely N-dealkylation sites (tertiary alicyclic amines) is 1. The highest BCUT2D eigenvalue weighted by Gasteiger charge is 2.47. The number of halogens is 4. The van der Waals surface area contributed by atoms with E-state index in [9.17, 15) is 26.0 Å². The van der Waals surface area contributed by atoms with Crippen molar-refractivity contribution in [2.75, 3.05) is 25.9 Å². The first-order valence-electron chi connectivity index (χ1n) is 9.08. The average Bonchev–Trinajstić information content (AvgIpc) is 3.02. The second kappa shape index (κ2) is 8.97. The molecule has 2 fully saturated rings. The first kappa shape index (κ1) is 23.6. The number of piperidine rings is 1. The van der Waals surface area contributed by atoms with E-state index in [-0.39, 0.29) is 11.4 Å². The van der Waals surface area contributed by atoms with Crippen molar-refractivity contribution >= 4 is 16.0 Å². The van der Waals surface area contributed by atoms with Gasteiger partial charge in [-0.05, 0) is 43.4 Å².